The second kappa shape index (κ2) is 5.25. The highest BCUT2D eigenvalue weighted by atomic mass is 16.5. The largest absolute Gasteiger partial charge is 0.375 e. The maximum absolute atomic E-state index is 6.44. The molecule has 4 heteroatoms. The van der Waals surface area contributed by atoms with Gasteiger partial charge in [0.15, 0.2) is 0 Å². The average Bonchev–Trinajstić information content (AvgIpc) is 2.85. The fraction of sp³-hybridized carbons (Fsp3) is 0.800. The highest BCUT2D eigenvalue weighted by molar-refractivity contribution is 5.06. The van der Waals surface area contributed by atoms with Crippen molar-refractivity contribution in [2.24, 2.45) is 18.7 Å². The smallest absolute Gasteiger partial charge is 0.0947 e. The lowest BCUT2D eigenvalue weighted by Crippen LogP contribution is -2.44. The van der Waals surface area contributed by atoms with Crippen LogP contribution in [0.2, 0.25) is 0 Å². The second-order valence-corrected chi connectivity index (χ2v) is 6.33. The Labute approximate surface area is 115 Å². The van der Waals surface area contributed by atoms with Crippen molar-refractivity contribution in [2.75, 3.05) is 6.61 Å². The van der Waals surface area contributed by atoms with Crippen LogP contribution in [0, 0.1) is 5.92 Å². The molecule has 1 saturated carbocycles. The van der Waals surface area contributed by atoms with Crippen LogP contribution in [0.5, 0.6) is 0 Å². The third kappa shape index (κ3) is 2.70. The molecule has 106 valence electrons. The van der Waals surface area contributed by atoms with Crippen LogP contribution in [0.25, 0.3) is 0 Å². The van der Waals surface area contributed by atoms with Crippen molar-refractivity contribution >= 4 is 0 Å². The third-order valence-electron chi connectivity index (χ3n) is 4.87. The first-order valence-electron chi connectivity index (χ1n) is 7.56. The van der Waals surface area contributed by atoms with Gasteiger partial charge in [-0.1, -0.05) is 19.3 Å². The Hall–Kier alpha value is -0.870. The summed E-state index contributed by atoms with van der Waals surface area (Å²) >= 11 is 0. The fourth-order valence-electron chi connectivity index (χ4n) is 3.76. The number of nitrogens with two attached hydrogens (primary N) is 1. The van der Waals surface area contributed by atoms with E-state index in [9.17, 15) is 0 Å². The summed E-state index contributed by atoms with van der Waals surface area (Å²) in [5.41, 5.74) is 7.60. The molecule has 0 aromatic carbocycles. The summed E-state index contributed by atoms with van der Waals surface area (Å²) in [6, 6.07) is 0.0592. The van der Waals surface area contributed by atoms with Crippen LogP contribution in [0.1, 0.15) is 56.7 Å². The molecule has 3 rings (SSSR count). The highest BCUT2D eigenvalue weighted by Gasteiger charge is 2.40. The van der Waals surface area contributed by atoms with Gasteiger partial charge in [0, 0.05) is 19.9 Å². The zero-order valence-electron chi connectivity index (χ0n) is 11.8. The second-order valence-electron chi connectivity index (χ2n) is 6.33. The monoisotopic (exact) mass is 263 g/mol. The molecule has 2 N–H and O–H groups in total. The number of aromatic nitrogens is 2. The van der Waals surface area contributed by atoms with E-state index < -0.39 is 0 Å². The Kier molecular flexibility index (Phi) is 3.63. The summed E-state index contributed by atoms with van der Waals surface area (Å²) in [4.78, 5) is 4.42. The summed E-state index contributed by atoms with van der Waals surface area (Å²) in [7, 11) is 2.00. The molecule has 1 saturated heterocycles. The normalized spacial score (nSPS) is 28.4. The zero-order chi connectivity index (χ0) is 13.3. The maximum atomic E-state index is 6.44. The van der Waals surface area contributed by atoms with E-state index in [4.69, 9.17) is 10.5 Å². The number of aryl methyl sites for hydroxylation is 1. The van der Waals surface area contributed by atoms with Crippen molar-refractivity contribution in [3.8, 4) is 0 Å². The number of ether oxygens (including phenoxy) is 1. The van der Waals surface area contributed by atoms with Crippen molar-refractivity contribution < 1.29 is 4.74 Å². The highest BCUT2D eigenvalue weighted by Crippen LogP contribution is 2.43. The van der Waals surface area contributed by atoms with E-state index in [1.54, 1.807) is 0 Å². The van der Waals surface area contributed by atoms with Gasteiger partial charge in [-0.25, -0.2) is 4.98 Å². The van der Waals surface area contributed by atoms with Crippen molar-refractivity contribution in [3.05, 3.63) is 18.2 Å². The van der Waals surface area contributed by atoms with Crippen LogP contribution in [0.4, 0.5) is 0 Å². The predicted molar refractivity (Wildman–Crippen MR) is 74.6 cm³/mol. The molecule has 1 aromatic rings. The predicted octanol–water partition coefficient (Wildman–Crippen LogP) is 2.55. The minimum atomic E-state index is 0.0592. The first-order valence-corrected chi connectivity index (χ1v) is 7.56. The van der Waals surface area contributed by atoms with Gasteiger partial charge in [0.1, 0.15) is 0 Å². The molecule has 2 heterocycles. The minimum absolute atomic E-state index is 0.0592. The molecule has 1 spiro atoms. The molecule has 2 unspecified atom stereocenters. The number of hydrogen-bond donors (Lipinski definition) is 1. The molecule has 2 aliphatic rings. The Morgan fingerprint density at radius 1 is 1.42 bits per heavy atom. The molecule has 2 atom stereocenters. The quantitative estimate of drug-likeness (QED) is 0.892. The Bertz CT molecular complexity index is 417. The van der Waals surface area contributed by atoms with E-state index in [0.29, 0.717) is 5.92 Å². The molecule has 1 aliphatic carbocycles. The van der Waals surface area contributed by atoms with Gasteiger partial charge in [0.2, 0.25) is 0 Å². The van der Waals surface area contributed by atoms with Crippen LogP contribution in [-0.4, -0.2) is 21.8 Å². The maximum Gasteiger partial charge on any atom is 0.0947 e. The molecule has 2 fully saturated rings. The van der Waals surface area contributed by atoms with Gasteiger partial charge < -0.3 is 15.0 Å². The van der Waals surface area contributed by atoms with E-state index >= 15 is 0 Å². The summed E-state index contributed by atoms with van der Waals surface area (Å²) in [6.07, 6.45) is 12.5. The van der Waals surface area contributed by atoms with Gasteiger partial charge in [-0.2, -0.15) is 0 Å². The lowest BCUT2D eigenvalue weighted by atomic mass is 9.74. The summed E-state index contributed by atoms with van der Waals surface area (Å²) in [5, 5.41) is 0. The lowest BCUT2D eigenvalue weighted by molar-refractivity contribution is -0.120. The van der Waals surface area contributed by atoms with E-state index in [-0.39, 0.29) is 11.6 Å². The molecule has 0 amide bonds. The van der Waals surface area contributed by atoms with Crippen LogP contribution >= 0.6 is 0 Å². The minimum Gasteiger partial charge on any atom is -0.375 e. The van der Waals surface area contributed by atoms with Gasteiger partial charge in [-0.3, -0.25) is 0 Å². The van der Waals surface area contributed by atoms with E-state index in [1.165, 1.54) is 32.1 Å². The third-order valence-corrected chi connectivity index (χ3v) is 4.87. The number of imidazole rings is 1. The van der Waals surface area contributed by atoms with Crippen molar-refractivity contribution in [1.29, 1.82) is 0 Å². The SMILES string of the molecule is Cn1cnc(C(N)C2CCOC3(CCCCC3)C2)c1. The van der Waals surface area contributed by atoms with Crippen molar-refractivity contribution in [2.45, 2.75) is 56.6 Å². The summed E-state index contributed by atoms with van der Waals surface area (Å²) in [6.45, 7) is 0.866. The molecule has 4 nitrogen and oxygen atoms in total. The van der Waals surface area contributed by atoms with Crippen LogP contribution in [0.15, 0.2) is 12.5 Å². The topological polar surface area (TPSA) is 53.1 Å². The molecule has 1 aromatic heterocycles. The molecule has 1 aliphatic heterocycles. The molecule has 0 bridgehead atoms. The number of rotatable bonds is 2. The summed E-state index contributed by atoms with van der Waals surface area (Å²) in [5.74, 6) is 0.516. The standard InChI is InChI=1S/C15H25N3O/c1-18-10-13(17-11-18)14(16)12-5-8-19-15(9-12)6-3-2-4-7-15/h10-12,14H,2-9,16H2,1H3. The van der Waals surface area contributed by atoms with Crippen molar-refractivity contribution in [1.82, 2.24) is 9.55 Å². The van der Waals surface area contributed by atoms with Gasteiger partial charge in [-0.05, 0) is 31.6 Å². The Morgan fingerprint density at radius 2 is 2.21 bits per heavy atom. The molecular formula is C15H25N3O. The zero-order valence-corrected chi connectivity index (χ0v) is 11.8. The van der Waals surface area contributed by atoms with Crippen molar-refractivity contribution in [3.63, 3.8) is 0 Å². The first kappa shape index (κ1) is 13.1. The molecule has 19 heavy (non-hydrogen) atoms. The van der Waals surface area contributed by atoms with E-state index in [1.807, 2.05) is 24.1 Å². The van der Waals surface area contributed by atoms with Gasteiger partial charge in [0.25, 0.3) is 0 Å². The van der Waals surface area contributed by atoms with Gasteiger partial charge in [-0.15, -0.1) is 0 Å². The molecular weight excluding hydrogens is 238 g/mol. The van der Waals surface area contributed by atoms with E-state index in [0.717, 1.165) is 25.1 Å². The fourth-order valence-corrected chi connectivity index (χ4v) is 3.76. The first-order chi connectivity index (χ1) is 9.19. The van der Waals surface area contributed by atoms with Gasteiger partial charge in [0.05, 0.1) is 23.7 Å². The van der Waals surface area contributed by atoms with Gasteiger partial charge >= 0.3 is 0 Å². The van der Waals surface area contributed by atoms with E-state index in [2.05, 4.69) is 4.98 Å². The Morgan fingerprint density at radius 3 is 2.89 bits per heavy atom. The molecule has 0 radical (unpaired) electrons. The lowest BCUT2D eigenvalue weighted by Gasteiger charge is -2.44. The van der Waals surface area contributed by atoms with Crippen LogP contribution in [0.3, 0.4) is 0 Å². The van der Waals surface area contributed by atoms with Crippen LogP contribution < -0.4 is 5.73 Å². The van der Waals surface area contributed by atoms with Crippen LogP contribution in [-0.2, 0) is 11.8 Å². The number of nitrogens with zero attached hydrogens (tertiary/aromatic N) is 2. The number of hydrogen-bond acceptors (Lipinski definition) is 3. The average molecular weight is 263 g/mol. The Balaban J connectivity index is 1.70. The summed E-state index contributed by atoms with van der Waals surface area (Å²) < 4.78 is 8.12.